The number of carbonyl (C=O) groups excluding carboxylic acids is 2. The van der Waals surface area contributed by atoms with Gasteiger partial charge < -0.3 is 9.47 Å². The number of hydrogen-bond donors (Lipinski definition) is 0. The fourth-order valence-electron chi connectivity index (χ4n) is 1.83. The van der Waals surface area contributed by atoms with Crippen LogP contribution in [-0.2, 0) is 19.1 Å². The van der Waals surface area contributed by atoms with Crippen molar-refractivity contribution in [2.24, 2.45) is 0 Å². The summed E-state index contributed by atoms with van der Waals surface area (Å²) in [6, 6.07) is 7.87. The van der Waals surface area contributed by atoms with Crippen LogP contribution in [0.25, 0.3) is 6.08 Å². The summed E-state index contributed by atoms with van der Waals surface area (Å²) in [5.41, 5.74) is 2.96. The van der Waals surface area contributed by atoms with E-state index in [2.05, 4.69) is 0 Å². The highest BCUT2D eigenvalue weighted by atomic mass is 16.5. The van der Waals surface area contributed by atoms with E-state index in [9.17, 15) is 9.59 Å². The number of aryl methyl sites for hydroxylation is 1. The molecule has 0 heterocycles. The molecule has 0 amide bonds. The molecule has 0 aromatic heterocycles. The Bertz CT molecular complexity index is 580. The SMILES string of the molecule is CCOC(=O)/C=C(C(=O)OCC)\C(C)=C\c1ccc(C)cc1. The molecular weight excluding hydrogens is 280 g/mol. The first-order chi connectivity index (χ1) is 10.5. The van der Waals surface area contributed by atoms with Crippen LogP contribution >= 0.6 is 0 Å². The van der Waals surface area contributed by atoms with Gasteiger partial charge in [-0.05, 0) is 38.8 Å². The first-order valence-corrected chi connectivity index (χ1v) is 7.28. The number of hydrogen-bond acceptors (Lipinski definition) is 4. The van der Waals surface area contributed by atoms with Gasteiger partial charge in [-0.1, -0.05) is 35.9 Å². The Kier molecular flexibility index (Phi) is 7.09. The highest BCUT2D eigenvalue weighted by molar-refractivity contribution is 6.01. The number of esters is 2. The molecule has 0 bridgehead atoms. The molecule has 0 aliphatic heterocycles. The van der Waals surface area contributed by atoms with Crippen molar-refractivity contribution in [2.75, 3.05) is 13.2 Å². The van der Waals surface area contributed by atoms with Crippen LogP contribution in [0.3, 0.4) is 0 Å². The average molecular weight is 302 g/mol. The van der Waals surface area contributed by atoms with Crippen LogP contribution in [0.2, 0.25) is 0 Å². The first kappa shape index (κ1) is 17.7. The van der Waals surface area contributed by atoms with Crippen molar-refractivity contribution in [1.82, 2.24) is 0 Å². The summed E-state index contributed by atoms with van der Waals surface area (Å²) in [5.74, 6) is -1.08. The average Bonchev–Trinajstić information content (AvgIpc) is 2.47. The zero-order valence-corrected chi connectivity index (χ0v) is 13.5. The molecule has 0 saturated carbocycles. The second kappa shape index (κ2) is 8.82. The quantitative estimate of drug-likeness (QED) is 0.459. The molecule has 4 heteroatoms. The van der Waals surface area contributed by atoms with E-state index in [4.69, 9.17) is 9.47 Å². The zero-order valence-electron chi connectivity index (χ0n) is 13.5. The number of ether oxygens (including phenoxy) is 2. The number of rotatable bonds is 6. The van der Waals surface area contributed by atoms with Gasteiger partial charge in [-0.25, -0.2) is 9.59 Å². The molecule has 1 aromatic rings. The lowest BCUT2D eigenvalue weighted by molar-refractivity contribution is -0.140. The van der Waals surface area contributed by atoms with Gasteiger partial charge >= 0.3 is 11.9 Å². The maximum Gasteiger partial charge on any atom is 0.338 e. The van der Waals surface area contributed by atoms with Crippen molar-refractivity contribution in [1.29, 1.82) is 0 Å². The molecule has 0 spiro atoms. The summed E-state index contributed by atoms with van der Waals surface area (Å²) >= 11 is 0. The highest BCUT2D eigenvalue weighted by Crippen LogP contribution is 2.17. The van der Waals surface area contributed by atoms with Gasteiger partial charge in [0.1, 0.15) is 0 Å². The highest BCUT2D eigenvalue weighted by Gasteiger charge is 2.15. The lowest BCUT2D eigenvalue weighted by Crippen LogP contribution is -2.12. The lowest BCUT2D eigenvalue weighted by atomic mass is 10.0. The van der Waals surface area contributed by atoms with Gasteiger partial charge in [-0.15, -0.1) is 0 Å². The van der Waals surface area contributed by atoms with Crippen molar-refractivity contribution in [2.45, 2.75) is 27.7 Å². The Hall–Kier alpha value is -2.36. The molecule has 22 heavy (non-hydrogen) atoms. The van der Waals surface area contributed by atoms with Gasteiger partial charge in [0.05, 0.1) is 18.8 Å². The summed E-state index contributed by atoms with van der Waals surface area (Å²) in [6.45, 7) is 7.71. The van der Waals surface area contributed by atoms with Crippen molar-refractivity contribution >= 4 is 18.0 Å². The molecule has 4 nitrogen and oxygen atoms in total. The summed E-state index contributed by atoms with van der Waals surface area (Å²) in [6.07, 6.45) is 3.02. The second-order valence-electron chi connectivity index (χ2n) is 4.77. The Morgan fingerprint density at radius 2 is 1.64 bits per heavy atom. The van der Waals surface area contributed by atoms with Crippen LogP contribution in [0.1, 0.15) is 31.9 Å². The molecule has 118 valence electrons. The van der Waals surface area contributed by atoms with E-state index in [1.165, 1.54) is 6.08 Å². The topological polar surface area (TPSA) is 52.6 Å². The summed E-state index contributed by atoms with van der Waals surface area (Å²) in [5, 5.41) is 0. The first-order valence-electron chi connectivity index (χ1n) is 7.28. The fourth-order valence-corrected chi connectivity index (χ4v) is 1.83. The minimum atomic E-state index is -0.554. The third kappa shape index (κ3) is 5.56. The van der Waals surface area contributed by atoms with Gasteiger partial charge in [0.2, 0.25) is 0 Å². The van der Waals surface area contributed by atoms with E-state index in [1.54, 1.807) is 20.8 Å². The molecule has 0 saturated heterocycles. The van der Waals surface area contributed by atoms with Crippen LogP contribution in [0.4, 0.5) is 0 Å². The Labute approximate surface area is 131 Å². The van der Waals surface area contributed by atoms with E-state index in [0.29, 0.717) is 5.57 Å². The van der Waals surface area contributed by atoms with Crippen LogP contribution in [0, 0.1) is 6.92 Å². The van der Waals surface area contributed by atoms with Crippen LogP contribution in [-0.4, -0.2) is 25.2 Å². The molecular formula is C18H22O4. The third-order valence-electron chi connectivity index (χ3n) is 2.93. The van der Waals surface area contributed by atoms with Gasteiger partial charge in [0, 0.05) is 6.08 Å². The third-order valence-corrected chi connectivity index (χ3v) is 2.93. The van der Waals surface area contributed by atoms with E-state index < -0.39 is 11.9 Å². The van der Waals surface area contributed by atoms with E-state index in [0.717, 1.165) is 11.1 Å². The Morgan fingerprint density at radius 1 is 1.05 bits per heavy atom. The molecule has 1 rings (SSSR count). The number of benzene rings is 1. The summed E-state index contributed by atoms with van der Waals surface area (Å²) < 4.78 is 9.87. The molecule has 0 N–H and O–H groups in total. The van der Waals surface area contributed by atoms with Crippen LogP contribution < -0.4 is 0 Å². The molecule has 0 unspecified atom stereocenters. The van der Waals surface area contributed by atoms with Crippen molar-refractivity contribution in [3.05, 3.63) is 52.6 Å². The van der Waals surface area contributed by atoms with E-state index in [-0.39, 0.29) is 18.8 Å². The van der Waals surface area contributed by atoms with Crippen molar-refractivity contribution in [3.63, 3.8) is 0 Å². The predicted molar refractivity (Wildman–Crippen MR) is 86.2 cm³/mol. The minimum absolute atomic E-state index is 0.209. The van der Waals surface area contributed by atoms with E-state index >= 15 is 0 Å². The smallest absolute Gasteiger partial charge is 0.338 e. The number of carbonyl (C=O) groups is 2. The molecule has 1 aromatic carbocycles. The summed E-state index contributed by atoms with van der Waals surface area (Å²) in [4.78, 5) is 23.7. The molecule has 0 atom stereocenters. The minimum Gasteiger partial charge on any atom is -0.463 e. The predicted octanol–water partition coefficient (Wildman–Crippen LogP) is 3.45. The van der Waals surface area contributed by atoms with Crippen LogP contribution in [0.5, 0.6) is 0 Å². The van der Waals surface area contributed by atoms with Gasteiger partial charge in [-0.2, -0.15) is 0 Å². The molecule has 0 aliphatic rings. The standard InChI is InChI=1S/C18H22O4/c1-5-21-17(19)12-16(18(20)22-6-2)14(4)11-15-9-7-13(3)8-10-15/h7-12H,5-6H2,1-4H3/b14-11+,16-12+. The molecule has 0 fully saturated rings. The van der Waals surface area contributed by atoms with Crippen molar-refractivity contribution in [3.8, 4) is 0 Å². The zero-order chi connectivity index (χ0) is 16.5. The fraction of sp³-hybridized carbons (Fsp3) is 0.333. The van der Waals surface area contributed by atoms with Gasteiger partial charge in [0.15, 0.2) is 0 Å². The van der Waals surface area contributed by atoms with Crippen LogP contribution in [0.15, 0.2) is 41.5 Å². The van der Waals surface area contributed by atoms with Gasteiger partial charge in [-0.3, -0.25) is 0 Å². The van der Waals surface area contributed by atoms with Gasteiger partial charge in [0.25, 0.3) is 0 Å². The maximum atomic E-state index is 12.0. The van der Waals surface area contributed by atoms with E-state index in [1.807, 2.05) is 37.3 Å². The normalized spacial score (nSPS) is 12.0. The second-order valence-corrected chi connectivity index (χ2v) is 4.77. The Morgan fingerprint density at radius 3 is 2.18 bits per heavy atom. The monoisotopic (exact) mass is 302 g/mol. The maximum absolute atomic E-state index is 12.0. The Balaban J connectivity index is 3.11. The summed E-state index contributed by atoms with van der Waals surface area (Å²) in [7, 11) is 0. The largest absolute Gasteiger partial charge is 0.463 e. The molecule has 0 radical (unpaired) electrons. The van der Waals surface area contributed by atoms with Crippen molar-refractivity contribution < 1.29 is 19.1 Å². The molecule has 0 aliphatic carbocycles. The lowest BCUT2D eigenvalue weighted by Gasteiger charge is -2.08.